The molecule has 0 amide bonds. The van der Waals surface area contributed by atoms with Gasteiger partial charge in [0.1, 0.15) is 4.90 Å². The molecular weight excluding hydrogens is 250 g/mol. The van der Waals surface area contributed by atoms with Crippen molar-refractivity contribution in [1.29, 1.82) is 0 Å². The smallest absolute Gasteiger partial charge is 0.242 e. The van der Waals surface area contributed by atoms with E-state index in [1.54, 1.807) is 26.0 Å². The van der Waals surface area contributed by atoms with Crippen molar-refractivity contribution in [2.24, 2.45) is 5.73 Å². The molecule has 1 saturated heterocycles. The van der Waals surface area contributed by atoms with Gasteiger partial charge in [-0.1, -0.05) is 12.1 Å². The Labute approximate surface area is 108 Å². The first-order valence-electron chi connectivity index (χ1n) is 6.02. The lowest BCUT2D eigenvalue weighted by atomic mass is 10.1. The summed E-state index contributed by atoms with van der Waals surface area (Å²) in [5.41, 5.74) is 6.47. The summed E-state index contributed by atoms with van der Waals surface area (Å²) in [6, 6.07) is 7.04. The van der Waals surface area contributed by atoms with Gasteiger partial charge in [0.05, 0.1) is 5.69 Å². The van der Waals surface area contributed by atoms with Gasteiger partial charge in [-0.15, -0.1) is 0 Å². The fraction of sp³-hybridized carbons (Fsp3) is 0.500. The molecule has 1 fully saturated rings. The molecule has 6 heteroatoms. The Morgan fingerprint density at radius 2 is 1.94 bits per heavy atom. The van der Waals surface area contributed by atoms with Crippen LogP contribution in [0.1, 0.15) is 13.8 Å². The summed E-state index contributed by atoms with van der Waals surface area (Å²) < 4.78 is 27.0. The van der Waals surface area contributed by atoms with Gasteiger partial charge in [-0.25, -0.2) is 13.1 Å². The Kier molecular flexibility index (Phi) is 3.61. The van der Waals surface area contributed by atoms with Crippen LogP contribution in [0.3, 0.4) is 0 Å². The largest absolute Gasteiger partial charge is 0.367 e. The monoisotopic (exact) mass is 269 g/mol. The van der Waals surface area contributed by atoms with Crippen LogP contribution in [0.4, 0.5) is 5.69 Å². The second-order valence-corrected chi connectivity index (χ2v) is 6.59. The Hall–Kier alpha value is -1.11. The van der Waals surface area contributed by atoms with Crippen LogP contribution in [0, 0.1) is 0 Å². The van der Waals surface area contributed by atoms with E-state index in [1.165, 1.54) is 0 Å². The molecular formula is C12H19N3O2S. The molecule has 0 bridgehead atoms. The van der Waals surface area contributed by atoms with Crippen molar-refractivity contribution in [2.45, 2.75) is 30.8 Å². The van der Waals surface area contributed by atoms with Gasteiger partial charge in [0.15, 0.2) is 0 Å². The lowest BCUT2D eigenvalue weighted by Crippen LogP contribution is -2.56. The minimum Gasteiger partial charge on any atom is -0.367 e. The van der Waals surface area contributed by atoms with Crippen LogP contribution < -0.4 is 15.4 Å². The van der Waals surface area contributed by atoms with Crippen LogP contribution in [-0.4, -0.2) is 33.6 Å². The first-order valence-corrected chi connectivity index (χ1v) is 7.50. The predicted octanol–water partition coefficient (Wildman–Crippen LogP) is 0.521. The molecule has 1 aliphatic rings. The highest BCUT2D eigenvalue weighted by Crippen LogP contribution is 2.28. The van der Waals surface area contributed by atoms with E-state index < -0.39 is 10.0 Å². The molecule has 0 aromatic heterocycles. The average molecular weight is 269 g/mol. The fourth-order valence-electron chi connectivity index (χ4n) is 2.03. The van der Waals surface area contributed by atoms with Crippen LogP contribution in [0.25, 0.3) is 0 Å². The number of hydrogen-bond acceptors (Lipinski definition) is 4. The first kappa shape index (κ1) is 13.3. The summed E-state index contributed by atoms with van der Waals surface area (Å²) >= 11 is 0. The van der Waals surface area contributed by atoms with Gasteiger partial charge in [-0.2, -0.15) is 0 Å². The predicted molar refractivity (Wildman–Crippen MR) is 72.1 cm³/mol. The molecule has 2 rings (SSSR count). The SMILES string of the molecule is CC(C)NS(=O)(=O)c1ccccc1N1CC(N)C1. The van der Waals surface area contributed by atoms with Gasteiger partial charge in [-0.05, 0) is 26.0 Å². The second kappa shape index (κ2) is 4.87. The number of benzene rings is 1. The standard InChI is InChI=1S/C12H19N3O2S/c1-9(2)14-18(16,17)12-6-4-3-5-11(12)15-7-10(13)8-15/h3-6,9-10,14H,7-8,13H2,1-2H3. The van der Waals surface area contributed by atoms with E-state index in [9.17, 15) is 8.42 Å². The number of sulfonamides is 1. The van der Waals surface area contributed by atoms with E-state index in [1.807, 2.05) is 17.0 Å². The molecule has 1 aliphatic heterocycles. The number of nitrogens with one attached hydrogen (secondary N) is 1. The molecule has 1 aromatic rings. The van der Waals surface area contributed by atoms with Crippen LogP contribution >= 0.6 is 0 Å². The number of rotatable bonds is 4. The van der Waals surface area contributed by atoms with Crippen molar-refractivity contribution in [2.75, 3.05) is 18.0 Å². The van der Waals surface area contributed by atoms with Crippen molar-refractivity contribution in [3.8, 4) is 0 Å². The molecule has 0 saturated carbocycles. The van der Waals surface area contributed by atoms with Gasteiger partial charge >= 0.3 is 0 Å². The normalized spacial score (nSPS) is 17.0. The van der Waals surface area contributed by atoms with Crippen LogP contribution in [0.5, 0.6) is 0 Å². The molecule has 1 aromatic carbocycles. The lowest BCUT2D eigenvalue weighted by molar-refractivity contribution is 0.514. The van der Waals surface area contributed by atoms with Gasteiger partial charge < -0.3 is 10.6 Å². The zero-order valence-electron chi connectivity index (χ0n) is 10.6. The van der Waals surface area contributed by atoms with Crippen LogP contribution in [-0.2, 0) is 10.0 Å². The molecule has 0 atom stereocenters. The summed E-state index contributed by atoms with van der Waals surface area (Å²) in [6.45, 7) is 5.02. The third kappa shape index (κ3) is 2.66. The summed E-state index contributed by atoms with van der Waals surface area (Å²) in [5.74, 6) is 0. The quantitative estimate of drug-likeness (QED) is 0.835. The highest BCUT2D eigenvalue weighted by Gasteiger charge is 2.28. The number of nitrogens with two attached hydrogens (primary N) is 1. The van der Waals surface area contributed by atoms with Crippen molar-refractivity contribution in [3.63, 3.8) is 0 Å². The second-order valence-electron chi connectivity index (χ2n) is 4.91. The minimum absolute atomic E-state index is 0.123. The third-order valence-electron chi connectivity index (χ3n) is 2.80. The minimum atomic E-state index is -3.46. The van der Waals surface area contributed by atoms with Crippen LogP contribution in [0.15, 0.2) is 29.2 Å². The highest BCUT2D eigenvalue weighted by atomic mass is 32.2. The summed E-state index contributed by atoms with van der Waals surface area (Å²) in [5, 5.41) is 0. The maximum atomic E-state index is 12.2. The van der Waals surface area contributed by atoms with E-state index in [0.717, 1.165) is 5.69 Å². The summed E-state index contributed by atoms with van der Waals surface area (Å²) in [6.07, 6.45) is 0. The zero-order chi connectivity index (χ0) is 13.3. The van der Waals surface area contributed by atoms with Crippen LogP contribution in [0.2, 0.25) is 0 Å². The molecule has 1 heterocycles. The topological polar surface area (TPSA) is 75.4 Å². The molecule has 5 nitrogen and oxygen atoms in total. The molecule has 3 N–H and O–H groups in total. The lowest BCUT2D eigenvalue weighted by Gasteiger charge is -2.39. The van der Waals surface area contributed by atoms with Gasteiger partial charge in [0.2, 0.25) is 10.0 Å². The van der Waals surface area contributed by atoms with Gasteiger partial charge in [0, 0.05) is 25.2 Å². The van der Waals surface area contributed by atoms with Crippen molar-refractivity contribution in [3.05, 3.63) is 24.3 Å². The maximum absolute atomic E-state index is 12.2. The number of nitrogens with zero attached hydrogens (tertiary/aromatic N) is 1. The fourth-order valence-corrected chi connectivity index (χ4v) is 3.51. The highest BCUT2D eigenvalue weighted by molar-refractivity contribution is 7.89. The van der Waals surface area contributed by atoms with E-state index in [-0.39, 0.29) is 12.1 Å². The van der Waals surface area contributed by atoms with E-state index >= 15 is 0 Å². The van der Waals surface area contributed by atoms with Crippen molar-refractivity contribution < 1.29 is 8.42 Å². The Morgan fingerprint density at radius 1 is 1.33 bits per heavy atom. The summed E-state index contributed by atoms with van der Waals surface area (Å²) in [7, 11) is -3.46. The molecule has 0 radical (unpaired) electrons. The maximum Gasteiger partial charge on any atom is 0.242 e. The molecule has 0 spiro atoms. The Bertz CT molecular complexity index is 522. The molecule has 0 unspecified atom stereocenters. The Balaban J connectivity index is 2.33. The van der Waals surface area contributed by atoms with Gasteiger partial charge in [0.25, 0.3) is 0 Å². The van der Waals surface area contributed by atoms with Gasteiger partial charge in [-0.3, -0.25) is 0 Å². The third-order valence-corrected chi connectivity index (χ3v) is 4.50. The number of para-hydroxylation sites is 1. The Morgan fingerprint density at radius 3 is 2.50 bits per heavy atom. The van der Waals surface area contributed by atoms with Crippen molar-refractivity contribution >= 4 is 15.7 Å². The van der Waals surface area contributed by atoms with Crippen molar-refractivity contribution in [1.82, 2.24) is 4.72 Å². The average Bonchev–Trinajstić information content (AvgIpc) is 2.23. The van der Waals surface area contributed by atoms with E-state index in [2.05, 4.69) is 4.72 Å². The summed E-state index contributed by atoms with van der Waals surface area (Å²) in [4.78, 5) is 2.31. The number of hydrogen-bond donors (Lipinski definition) is 2. The van der Waals surface area contributed by atoms with E-state index in [4.69, 9.17) is 5.73 Å². The first-order chi connectivity index (χ1) is 8.40. The van der Waals surface area contributed by atoms with E-state index in [0.29, 0.717) is 18.0 Å². The molecule has 100 valence electrons. The molecule has 0 aliphatic carbocycles. The molecule has 18 heavy (non-hydrogen) atoms. The zero-order valence-corrected chi connectivity index (χ0v) is 11.4. The number of anilines is 1.